The predicted octanol–water partition coefficient (Wildman–Crippen LogP) is 1.93. The van der Waals surface area contributed by atoms with Crippen LogP contribution in [-0.4, -0.2) is 15.9 Å². The molecule has 0 aliphatic rings. The van der Waals surface area contributed by atoms with Crippen molar-refractivity contribution in [3.8, 4) is 5.75 Å². The van der Waals surface area contributed by atoms with Crippen LogP contribution >= 0.6 is 11.6 Å². The Morgan fingerprint density at radius 3 is 2.72 bits per heavy atom. The molecule has 0 radical (unpaired) electrons. The zero-order chi connectivity index (χ0) is 13.9. The number of nitro groups is 1. The standard InChI is InChI=1S/C9H8ClN3O5/c1-2-4-6(13(17)18)3-5(10)8(14)7(4)9(15)11-12-16/h3,14H,2H2,1H3,(H,11,15,16). The van der Waals surface area contributed by atoms with E-state index in [2.05, 4.69) is 5.29 Å². The highest BCUT2D eigenvalue weighted by molar-refractivity contribution is 6.33. The van der Waals surface area contributed by atoms with Gasteiger partial charge < -0.3 is 5.11 Å². The van der Waals surface area contributed by atoms with Crippen molar-refractivity contribution in [2.45, 2.75) is 13.3 Å². The number of halogens is 1. The lowest BCUT2D eigenvalue weighted by Gasteiger charge is -2.09. The maximum Gasteiger partial charge on any atom is 0.278 e. The fourth-order valence-corrected chi connectivity index (χ4v) is 1.73. The van der Waals surface area contributed by atoms with E-state index in [9.17, 15) is 24.9 Å². The minimum Gasteiger partial charge on any atom is -0.506 e. The summed E-state index contributed by atoms with van der Waals surface area (Å²) in [6.45, 7) is 1.56. The molecule has 1 aromatic rings. The molecule has 0 spiro atoms. The SMILES string of the molecule is CCc1c([N+](=O)[O-])cc(Cl)c(O)c1C(=O)NN=O. The Morgan fingerprint density at radius 2 is 2.28 bits per heavy atom. The summed E-state index contributed by atoms with van der Waals surface area (Å²) in [5.74, 6) is -1.68. The van der Waals surface area contributed by atoms with Crippen LogP contribution in [0, 0.1) is 15.0 Å². The molecule has 0 unspecified atom stereocenters. The summed E-state index contributed by atoms with van der Waals surface area (Å²) in [7, 11) is 0. The molecule has 96 valence electrons. The fraction of sp³-hybridized carbons (Fsp3) is 0.222. The first kappa shape index (κ1) is 13.8. The predicted molar refractivity (Wildman–Crippen MR) is 62.4 cm³/mol. The largest absolute Gasteiger partial charge is 0.506 e. The van der Waals surface area contributed by atoms with Crippen LogP contribution in [0.2, 0.25) is 5.02 Å². The molecule has 1 rings (SSSR count). The van der Waals surface area contributed by atoms with E-state index in [0.29, 0.717) is 0 Å². The number of nitro benzene ring substituents is 1. The summed E-state index contributed by atoms with van der Waals surface area (Å²) in [6.07, 6.45) is 0.0999. The van der Waals surface area contributed by atoms with Gasteiger partial charge in [0.2, 0.25) is 0 Å². The van der Waals surface area contributed by atoms with Crippen LogP contribution in [0.3, 0.4) is 0 Å². The number of benzene rings is 1. The molecule has 0 bridgehead atoms. The second-order valence-electron chi connectivity index (χ2n) is 3.22. The average molecular weight is 274 g/mol. The highest BCUT2D eigenvalue weighted by Gasteiger charge is 2.27. The Hall–Kier alpha value is -2.22. The quantitative estimate of drug-likeness (QED) is 0.493. The number of rotatable bonds is 4. The van der Waals surface area contributed by atoms with Crippen LogP contribution in [0.4, 0.5) is 5.69 Å². The van der Waals surface area contributed by atoms with Gasteiger partial charge in [-0.3, -0.25) is 14.9 Å². The van der Waals surface area contributed by atoms with E-state index >= 15 is 0 Å². The van der Waals surface area contributed by atoms with E-state index in [1.54, 1.807) is 12.3 Å². The zero-order valence-corrected chi connectivity index (χ0v) is 9.89. The normalized spacial score (nSPS) is 9.89. The van der Waals surface area contributed by atoms with E-state index in [1.807, 2.05) is 0 Å². The van der Waals surface area contributed by atoms with Crippen LogP contribution < -0.4 is 5.43 Å². The van der Waals surface area contributed by atoms with Gasteiger partial charge in [-0.15, -0.1) is 4.91 Å². The molecule has 0 heterocycles. The van der Waals surface area contributed by atoms with Crippen LogP contribution in [-0.2, 0) is 6.42 Å². The summed E-state index contributed by atoms with van der Waals surface area (Å²) in [5, 5.41) is 22.3. The lowest BCUT2D eigenvalue weighted by atomic mass is 10.0. The molecular formula is C9H8ClN3O5. The molecule has 1 aromatic carbocycles. The van der Waals surface area contributed by atoms with Gasteiger partial charge in [-0.05, 0) is 6.42 Å². The van der Waals surface area contributed by atoms with Crippen molar-refractivity contribution in [2.75, 3.05) is 0 Å². The number of carbonyl (C=O) groups excluding carboxylic acids is 1. The van der Waals surface area contributed by atoms with E-state index in [1.165, 1.54) is 0 Å². The monoisotopic (exact) mass is 273 g/mol. The van der Waals surface area contributed by atoms with Crippen molar-refractivity contribution in [3.05, 3.63) is 37.2 Å². The number of amides is 1. The lowest BCUT2D eigenvalue weighted by Crippen LogP contribution is -2.19. The highest BCUT2D eigenvalue weighted by Crippen LogP contribution is 2.36. The number of hydrogen-bond donors (Lipinski definition) is 2. The Kier molecular flexibility index (Phi) is 4.16. The molecule has 1 amide bonds. The smallest absolute Gasteiger partial charge is 0.278 e. The topological polar surface area (TPSA) is 122 Å². The van der Waals surface area contributed by atoms with Gasteiger partial charge in [0.1, 0.15) is 5.75 Å². The lowest BCUT2D eigenvalue weighted by molar-refractivity contribution is -0.385. The summed E-state index contributed by atoms with van der Waals surface area (Å²) in [6, 6.07) is 0.945. The Labute approximate surface area is 106 Å². The van der Waals surface area contributed by atoms with Crippen molar-refractivity contribution < 1.29 is 14.8 Å². The third-order valence-electron chi connectivity index (χ3n) is 2.26. The molecule has 0 aromatic heterocycles. The maximum atomic E-state index is 11.5. The number of hydrogen-bond acceptors (Lipinski definition) is 6. The van der Waals surface area contributed by atoms with Crippen molar-refractivity contribution in [3.63, 3.8) is 0 Å². The van der Waals surface area contributed by atoms with Crippen LogP contribution in [0.5, 0.6) is 5.75 Å². The minimum absolute atomic E-state index is 0.0250. The second-order valence-corrected chi connectivity index (χ2v) is 3.63. The van der Waals surface area contributed by atoms with Gasteiger partial charge in [0.05, 0.1) is 20.8 Å². The number of phenolic OH excluding ortho intramolecular Hbond substituents is 1. The Morgan fingerprint density at radius 1 is 1.67 bits per heavy atom. The first-order valence-electron chi connectivity index (χ1n) is 4.75. The van der Waals surface area contributed by atoms with Gasteiger partial charge in [0, 0.05) is 11.6 Å². The van der Waals surface area contributed by atoms with E-state index in [-0.39, 0.29) is 17.0 Å². The van der Waals surface area contributed by atoms with Gasteiger partial charge in [0.25, 0.3) is 11.6 Å². The van der Waals surface area contributed by atoms with Gasteiger partial charge in [0.15, 0.2) is 0 Å². The minimum atomic E-state index is -1.05. The summed E-state index contributed by atoms with van der Waals surface area (Å²) >= 11 is 5.59. The van der Waals surface area contributed by atoms with E-state index in [4.69, 9.17) is 11.6 Å². The van der Waals surface area contributed by atoms with Crippen molar-refractivity contribution in [1.29, 1.82) is 0 Å². The van der Waals surface area contributed by atoms with Gasteiger partial charge in [-0.25, -0.2) is 5.43 Å². The summed E-state index contributed by atoms with van der Waals surface area (Å²) in [4.78, 5) is 31.6. The third kappa shape index (κ3) is 2.38. The molecule has 18 heavy (non-hydrogen) atoms. The molecular weight excluding hydrogens is 266 g/mol. The number of carbonyl (C=O) groups is 1. The summed E-state index contributed by atoms with van der Waals surface area (Å²) < 4.78 is 0. The molecule has 2 N–H and O–H groups in total. The van der Waals surface area contributed by atoms with Crippen LogP contribution in [0.1, 0.15) is 22.8 Å². The van der Waals surface area contributed by atoms with Gasteiger partial charge >= 0.3 is 0 Å². The number of aromatic hydroxyl groups is 1. The molecule has 0 aliphatic heterocycles. The molecule has 0 aliphatic carbocycles. The highest BCUT2D eigenvalue weighted by atomic mass is 35.5. The molecule has 9 heteroatoms. The third-order valence-corrected chi connectivity index (χ3v) is 2.55. The van der Waals surface area contributed by atoms with Gasteiger partial charge in [-0.1, -0.05) is 18.5 Å². The Bertz CT molecular complexity index is 531. The number of nitrogens with zero attached hydrogens (tertiary/aromatic N) is 2. The zero-order valence-electron chi connectivity index (χ0n) is 9.14. The fourth-order valence-electron chi connectivity index (χ4n) is 1.53. The number of phenols is 1. The van der Waals surface area contributed by atoms with E-state index in [0.717, 1.165) is 6.07 Å². The van der Waals surface area contributed by atoms with E-state index < -0.39 is 27.8 Å². The second kappa shape index (κ2) is 5.41. The molecule has 0 fully saturated rings. The Balaban J connectivity index is 3.60. The molecule has 8 nitrogen and oxygen atoms in total. The molecule has 0 saturated heterocycles. The van der Waals surface area contributed by atoms with Crippen molar-refractivity contribution >= 4 is 23.2 Å². The van der Waals surface area contributed by atoms with Crippen molar-refractivity contribution in [2.24, 2.45) is 5.29 Å². The van der Waals surface area contributed by atoms with Crippen LogP contribution in [0.25, 0.3) is 0 Å². The van der Waals surface area contributed by atoms with Crippen LogP contribution in [0.15, 0.2) is 11.4 Å². The summed E-state index contributed by atoms with van der Waals surface area (Å²) in [5.41, 5.74) is 0.709. The van der Waals surface area contributed by atoms with Gasteiger partial charge in [-0.2, -0.15) is 0 Å². The maximum absolute atomic E-state index is 11.5. The van der Waals surface area contributed by atoms with Crippen molar-refractivity contribution in [1.82, 2.24) is 5.43 Å². The average Bonchev–Trinajstić information content (AvgIpc) is 2.31. The molecule has 0 atom stereocenters. The molecule has 0 saturated carbocycles. The number of nitroso groups, excluding NO2 is 1. The number of nitrogens with one attached hydrogen (secondary N) is 1. The first-order chi connectivity index (χ1) is 8.43. The first-order valence-corrected chi connectivity index (χ1v) is 5.13.